The summed E-state index contributed by atoms with van der Waals surface area (Å²) in [5.74, 6) is 3.98. The summed E-state index contributed by atoms with van der Waals surface area (Å²) in [4.78, 5) is 0. The number of rotatable bonds is 1. The summed E-state index contributed by atoms with van der Waals surface area (Å²) >= 11 is 0. The minimum atomic E-state index is -0.0879. The highest BCUT2D eigenvalue weighted by Gasteiger charge is 2.62. The molecule has 0 saturated heterocycles. The molecule has 5 aliphatic carbocycles. The van der Waals surface area contributed by atoms with E-state index in [9.17, 15) is 10.2 Å². The Morgan fingerprint density at radius 1 is 0.966 bits per heavy atom. The molecule has 0 heterocycles. The first-order valence-electron chi connectivity index (χ1n) is 12.8. The molecule has 0 aromatic carbocycles. The van der Waals surface area contributed by atoms with E-state index in [1.807, 2.05) is 0 Å². The minimum absolute atomic E-state index is 0.0879. The number of hydrogen-bond donors (Lipinski definition) is 2. The first-order chi connectivity index (χ1) is 13.8. The zero-order valence-electron chi connectivity index (χ0n) is 19.3. The van der Waals surface area contributed by atoms with Crippen LogP contribution in [0.25, 0.3) is 0 Å². The number of aliphatic hydroxyl groups is 2. The van der Waals surface area contributed by atoms with Crippen molar-refractivity contribution in [2.75, 3.05) is 6.61 Å². The Morgan fingerprint density at radius 2 is 1.72 bits per heavy atom. The fraction of sp³-hybridized carbons (Fsp3) is 0.926. The van der Waals surface area contributed by atoms with Gasteiger partial charge in [-0.25, -0.2) is 0 Å². The lowest BCUT2D eigenvalue weighted by atomic mass is 9.38. The van der Waals surface area contributed by atoms with Gasteiger partial charge in [-0.05, 0) is 97.7 Å². The molecule has 4 saturated carbocycles. The largest absolute Gasteiger partial charge is 0.396 e. The average Bonchev–Trinajstić information content (AvgIpc) is 2.70. The van der Waals surface area contributed by atoms with Gasteiger partial charge in [0, 0.05) is 12.0 Å². The topological polar surface area (TPSA) is 40.5 Å². The number of aliphatic hydroxyl groups excluding tert-OH is 2. The molecule has 0 bridgehead atoms. The van der Waals surface area contributed by atoms with E-state index in [-0.39, 0.29) is 11.5 Å². The number of fused-ring (bicyclic) bond motifs is 7. The molecule has 0 radical (unpaired) electrons. The summed E-state index contributed by atoms with van der Waals surface area (Å²) in [5.41, 5.74) is 2.74. The molecule has 2 nitrogen and oxygen atoms in total. The van der Waals surface area contributed by atoms with Crippen molar-refractivity contribution < 1.29 is 10.2 Å². The Labute approximate surface area is 178 Å². The van der Waals surface area contributed by atoms with E-state index in [0.717, 1.165) is 24.2 Å². The smallest absolute Gasteiger partial charge is 0.0568 e. The lowest BCUT2D eigenvalue weighted by molar-refractivity contribution is -0.158. The van der Waals surface area contributed by atoms with Crippen molar-refractivity contribution in [1.29, 1.82) is 0 Å². The molecule has 5 aliphatic rings. The van der Waals surface area contributed by atoms with E-state index >= 15 is 0 Å². The minimum Gasteiger partial charge on any atom is -0.396 e. The van der Waals surface area contributed by atoms with Gasteiger partial charge in [0.1, 0.15) is 0 Å². The van der Waals surface area contributed by atoms with Crippen LogP contribution in [-0.4, -0.2) is 22.9 Å². The molecule has 164 valence electrons. The highest BCUT2D eigenvalue weighted by Crippen LogP contribution is 2.70. The van der Waals surface area contributed by atoms with Crippen LogP contribution in [0.4, 0.5) is 0 Å². The summed E-state index contributed by atoms with van der Waals surface area (Å²) in [6.07, 6.45) is 15.1. The molecule has 0 aliphatic heterocycles. The predicted octanol–water partition coefficient (Wildman–Crippen LogP) is 5.97. The molecule has 0 amide bonds. The predicted molar refractivity (Wildman–Crippen MR) is 118 cm³/mol. The normalized spacial score (nSPS) is 57.0. The average molecular weight is 401 g/mol. The highest BCUT2D eigenvalue weighted by atomic mass is 16.3. The van der Waals surface area contributed by atoms with Crippen LogP contribution < -0.4 is 0 Å². The lowest BCUT2D eigenvalue weighted by Gasteiger charge is -2.66. The van der Waals surface area contributed by atoms with Crippen LogP contribution in [0.5, 0.6) is 0 Å². The summed E-state index contributed by atoms with van der Waals surface area (Å²) in [7, 11) is 0. The van der Waals surface area contributed by atoms with Crippen LogP contribution in [0.2, 0.25) is 0 Å². The summed E-state index contributed by atoms with van der Waals surface area (Å²) < 4.78 is 0. The van der Waals surface area contributed by atoms with Gasteiger partial charge in [-0.3, -0.25) is 0 Å². The maximum absolute atomic E-state index is 10.6. The molecule has 2 heteroatoms. The molecule has 5 rings (SSSR count). The fourth-order valence-electron chi connectivity index (χ4n) is 10.1. The summed E-state index contributed by atoms with van der Waals surface area (Å²) in [6.45, 7) is 10.4. The van der Waals surface area contributed by atoms with E-state index in [1.54, 1.807) is 5.57 Å². The van der Waals surface area contributed by atoms with Crippen molar-refractivity contribution in [1.82, 2.24) is 0 Å². The second kappa shape index (κ2) is 6.83. The molecule has 29 heavy (non-hydrogen) atoms. The Balaban J connectivity index is 1.53. The van der Waals surface area contributed by atoms with Gasteiger partial charge in [0.15, 0.2) is 0 Å². The van der Waals surface area contributed by atoms with E-state index in [2.05, 4.69) is 33.8 Å². The maximum atomic E-state index is 10.6. The number of hydrogen-bond acceptors (Lipinski definition) is 2. The third-order valence-electron chi connectivity index (χ3n) is 11.6. The number of allylic oxidation sites excluding steroid dienone is 2. The monoisotopic (exact) mass is 400 g/mol. The van der Waals surface area contributed by atoms with Crippen molar-refractivity contribution in [2.45, 2.75) is 98.0 Å². The van der Waals surface area contributed by atoms with Crippen LogP contribution in [0.3, 0.4) is 0 Å². The van der Waals surface area contributed by atoms with Gasteiger partial charge < -0.3 is 10.2 Å². The quantitative estimate of drug-likeness (QED) is 0.532. The highest BCUT2D eigenvalue weighted by molar-refractivity contribution is 5.29. The summed E-state index contributed by atoms with van der Waals surface area (Å²) in [6, 6.07) is 0. The molecular weight excluding hydrogens is 356 g/mol. The van der Waals surface area contributed by atoms with Crippen molar-refractivity contribution in [3.63, 3.8) is 0 Å². The Kier molecular flexibility index (Phi) is 4.84. The molecular formula is C27H44O2. The maximum Gasteiger partial charge on any atom is 0.0568 e. The molecule has 0 spiro atoms. The molecule has 10 atom stereocenters. The lowest BCUT2D eigenvalue weighted by Crippen LogP contribution is -2.60. The van der Waals surface area contributed by atoms with Crippen LogP contribution in [-0.2, 0) is 0 Å². The van der Waals surface area contributed by atoms with Gasteiger partial charge >= 0.3 is 0 Å². The molecule has 4 fully saturated rings. The zero-order chi connectivity index (χ0) is 20.6. The van der Waals surface area contributed by atoms with E-state index in [1.165, 1.54) is 57.8 Å². The first kappa shape index (κ1) is 20.6. The Hall–Kier alpha value is -0.340. The van der Waals surface area contributed by atoms with Gasteiger partial charge in [0.05, 0.1) is 6.10 Å². The van der Waals surface area contributed by atoms with Crippen LogP contribution in [0.15, 0.2) is 11.6 Å². The Morgan fingerprint density at radius 3 is 2.48 bits per heavy atom. The molecule has 10 unspecified atom stereocenters. The SMILES string of the molecule is CC1CCCC2(CO)CCC3C(=CCC4C3(C)CCC3C(C)C(O)CCC34C)C12. The standard InChI is InChI=1S/C27H44O2/c1-17-6-5-12-27(16-28)15-10-21-19(24(17)27)7-8-23-25(3)14-11-22(29)18(2)20(25)9-13-26(21,23)4/h7,17-18,20-24,28-29H,5-6,8-16H2,1-4H3. The zero-order valence-corrected chi connectivity index (χ0v) is 19.3. The molecule has 0 aromatic heterocycles. The van der Waals surface area contributed by atoms with Gasteiger partial charge in [-0.15, -0.1) is 0 Å². The third kappa shape index (κ3) is 2.67. The molecule has 2 N–H and O–H groups in total. The van der Waals surface area contributed by atoms with Crippen molar-refractivity contribution in [3.8, 4) is 0 Å². The van der Waals surface area contributed by atoms with E-state index in [4.69, 9.17) is 0 Å². The van der Waals surface area contributed by atoms with Gasteiger partial charge in [-0.2, -0.15) is 0 Å². The van der Waals surface area contributed by atoms with E-state index in [0.29, 0.717) is 35.2 Å². The first-order valence-corrected chi connectivity index (χ1v) is 12.8. The van der Waals surface area contributed by atoms with Crippen molar-refractivity contribution in [3.05, 3.63) is 11.6 Å². The molecule has 0 aromatic rings. The second-order valence-corrected chi connectivity index (χ2v) is 12.6. The summed E-state index contributed by atoms with van der Waals surface area (Å²) in [5, 5.41) is 21.0. The van der Waals surface area contributed by atoms with Crippen LogP contribution in [0.1, 0.15) is 91.9 Å². The second-order valence-electron chi connectivity index (χ2n) is 12.6. The van der Waals surface area contributed by atoms with Crippen molar-refractivity contribution >= 4 is 0 Å². The van der Waals surface area contributed by atoms with E-state index < -0.39 is 0 Å². The van der Waals surface area contributed by atoms with Gasteiger partial charge in [-0.1, -0.05) is 52.2 Å². The van der Waals surface area contributed by atoms with Crippen LogP contribution >= 0.6 is 0 Å². The van der Waals surface area contributed by atoms with Gasteiger partial charge in [0.25, 0.3) is 0 Å². The fourth-order valence-corrected chi connectivity index (χ4v) is 10.1. The Bertz CT molecular complexity index is 684. The third-order valence-corrected chi connectivity index (χ3v) is 11.6. The van der Waals surface area contributed by atoms with Crippen molar-refractivity contribution in [2.24, 2.45) is 51.8 Å². The van der Waals surface area contributed by atoms with Gasteiger partial charge in [0.2, 0.25) is 0 Å². The van der Waals surface area contributed by atoms with Crippen LogP contribution in [0, 0.1) is 51.8 Å².